The topological polar surface area (TPSA) is 88.4 Å². The van der Waals surface area contributed by atoms with Crippen LogP contribution >= 0.6 is 11.6 Å². The van der Waals surface area contributed by atoms with E-state index in [1.165, 1.54) is 11.1 Å². The van der Waals surface area contributed by atoms with Gasteiger partial charge in [-0.25, -0.2) is 5.43 Å². The molecule has 10 heteroatoms. The van der Waals surface area contributed by atoms with Gasteiger partial charge in [0.2, 0.25) is 0 Å². The third-order valence-corrected chi connectivity index (χ3v) is 6.72. The van der Waals surface area contributed by atoms with Crippen molar-refractivity contribution >= 4 is 35.3 Å². The first-order valence-electron chi connectivity index (χ1n) is 11.9. The van der Waals surface area contributed by atoms with E-state index >= 15 is 0 Å². The molecular formula is C27H30ClN5O4. The summed E-state index contributed by atoms with van der Waals surface area (Å²) in [6, 6.07) is 15.3. The molecule has 194 valence electrons. The maximum absolute atomic E-state index is 12.7. The molecule has 4 rings (SSSR count). The molecule has 1 N–H and O–H groups in total. The van der Waals surface area contributed by atoms with Crippen LogP contribution in [0.15, 0.2) is 53.6 Å². The molecule has 0 bridgehead atoms. The highest BCUT2D eigenvalue weighted by atomic mass is 35.5. The maximum atomic E-state index is 12.7. The molecule has 2 heterocycles. The highest BCUT2D eigenvalue weighted by Crippen LogP contribution is 2.29. The Morgan fingerprint density at radius 2 is 1.68 bits per heavy atom. The highest BCUT2D eigenvalue weighted by molar-refractivity contribution is 6.35. The number of benzene rings is 2. The van der Waals surface area contributed by atoms with Gasteiger partial charge in [-0.3, -0.25) is 9.59 Å². The molecule has 1 aliphatic heterocycles. The molecule has 0 saturated carbocycles. The zero-order valence-electron chi connectivity index (χ0n) is 21.3. The van der Waals surface area contributed by atoms with Crippen molar-refractivity contribution < 1.29 is 19.1 Å². The quantitative estimate of drug-likeness (QED) is 0.303. The summed E-state index contributed by atoms with van der Waals surface area (Å²) < 4.78 is 12.7. The third-order valence-electron chi connectivity index (χ3n) is 6.42. The molecule has 2 amide bonds. The molecule has 2 aromatic carbocycles. The Balaban J connectivity index is 1.36. The first-order chi connectivity index (χ1) is 17.8. The summed E-state index contributed by atoms with van der Waals surface area (Å²) in [6.45, 7) is 5.98. The second kappa shape index (κ2) is 11.4. The number of nitrogens with one attached hydrogen (secondary N) is 1. The summed E-state index contributed by atoms with van der Waals surface area (Å²) in [7, 11) is 3.21. The van der Waals surface area contributed by atoms with Crippen LogP contribution in [0.25, 0.3) is 5.69 Å². The molecule has 0 unspecified atom stereocenters. The van der Waals surface area contributed by atoms with Gasteiger partial charge in [-0.15, -0.1) is 0 Å². The summed E-state index contributed by atoms with van der Waals surface area (Å²) in [5.41, 5.74) is 6.91. The standard InChI is InChI=1S/C27H30ClN5O4/c1-18-15-20(19(2)33(18)21-9-10-24(36-3)22(28)16-21)17-29-30-26(34)27(35)32-13-11-31(12-14-32)23-7-5-6-8-25(23)37-4/h5-10,15-17H,11-14H2,1-4H3,(H,30,34)/b29-17-. The molecule has 1 saturated heterocycles. The van der Waals surface area contributed by atoms with Crippen LogP contribution in [0, 0.1) is 13.8 Å². The van der Waals surface area contributed by atoms with E-state index < -0.39 is 11.8 Å². The fourth-order valence-electron chi connectivity index (χ4n) is 4.50. The van der Waals surface area contributed by atoms with Gasteiger partial charge in [0.25, 0.3) is 0 Å². The van der Waals surface area contributed by atoms with Crippen molar-refractivity contribution in [2.45, 2.75) is 13.8 Å². The zero-order valence-corrected chi connectivity index (χ0v) is 22.1. The monoisotopic (exact) mass is 523 g/mol. The van der Waals surface area contributed by atoms with E-state index in [2.05, 4.69) is 15.4 Å². The largest absolute Gasteiger partial charge is 0.495 e. The predicted molar refractivity (Wildman–Crippen MR) is 144 cm³/mol. The highest BCUT2D eigenvalue weighted by Gasteiger charge is 2.27. The van der Waals surface area contributed by atoms with Crippen LogP contribution in [-0.2, 0) is 9.59 Å². The number of carbonyl (C=O) groups excluding carboxylic acids is 2. The number of piperazine rings is 1. The van der Waals surface area contributed by atoms with Crippen molar-refractivity contribution in [2.24, 2.45) is 5.10 Å². The first kappa shape index (κ1) is 26.1. The van der Waals surface area contributed by atoms with E-state index in [4.69, 9.17) is 21.1 Å². The van der Waals surface area contributed by atoms with Gasteiger partial charge in [-0.1, -0.05) is 23.7 Å². The molecule has 0 aliphatic carbocycles. The fraction of sp³-hybridized carbons (Fsp3) is 0.296. The van der Waals surface area contributed by atoms with E-state index in [0.717, 1.165) is 34.1 Å². The molecule has 0 spiro atoms. The SMILES string of the molecule is COc1ccc(-n2c(C)cc(/C=N\NC(=O)C(=O)N3CCN(c4ccccc4OC)CC3)c2C)cc1Cl. The van der Waals surface area contributed by atoms with Gasteiger partial charge in [-0.05, 0) is 50.2 Å². The van der Waals surface area contributed by atoms with Gasteiger partial charge in [0.15, 0.2) is 0 Å². The minimum Gasteiger partial charge on any atom is -0.495 e. The number of amides is 2. The third kappa shape index (κ3) is 5.56. The van der Waals surface area contributed by atoms with Crippen LogP contribution < -0.4 is 19.8 Å². The first-order valence-corrected chi connectivity index (χ1v) is 12.2. The Morgan fingerprint density at radius 1 is 0.973 bits per heavy atom. The average molecular weight is 524 g/mol. The van der Waals surface area contributed by atoms with Crippen LogP contribution in [0.4, 0.5) is 5.69 Å². The van der Waals surface area contributed by atoms with Crippen molar-refractivity contribution in [2.75, 3.05) is 45.3 Å². The second-order valence-electron chi connectivity index (χ2n) is 8.63. The van der Waals surface area contributed by atoms with Gasteiger partial charge >= 0.3 is 11.8 Å². The van der Waals surface area contributed by atoms with E-state index in [9.17, 15) is 9.59 Å². The number of hydrazone groups is 1. The van der Waals surface area contributed by atoms with E-state index in [-0.39, 0.29) is 0 Å². The number of hydrogen-bond acceptors (Lipinski definition) is 6. The second-order valence-corrected chi connectivity index (χ2v) is 9.04. The van der Waals surface area contributed by atoms with Gasteiger partial charge < -0.3 is 23.8 Å². The summed E-state index contributed by atoms with van der Waals surface area (Å²) in [5.74, 6) is 0.0139. The number of hydrogen-bond donors (Lipinski definition) is 1. The smallest absolute Gasteiger partial charge is 0.329 e. The zero-order chi connectivity index (χ0) is 26.5. The van der Waals surface area contributed by atoms with Crippen LogP contribution in [-0.4, -0.2) is 67.9 Å². The van der Waals surface area contributed by atoms with Crippen molar-refractivity contribution in [3.8, 4) is 17.2 Å². The number of carbonyl (C=O) groups is 2. The lowest BCUT2D eigenvalue weighted by Gasteiger charge is -2.36. The molecule has 1 aliphatic rings. The van der Waals surface area contributed by atoms with Crippen LogP contribution in [0.5, 0.6) is 11.5 Å². The maximum Gasteiger partial charge on any atom is 0.329 e. The van der Waals surface area contributed by atoms with E-state index in [1.807, 2.05) is 66.9 Å². The number of ether oxygens (including phenoxy) is 2. The Labute approximate surface area is 221 Å². The minimum absolute atomic E-state index is 0.430. The van der Waals surface area contributed by atoms with Crippen molar-refractivity contribution in [3.05, 3.63) is 70.5 Å². The minimum atomic E-state index is -0.766. The molecule has 37 heavy (non-hydrogen) atoms. The molecule has 0 radical (unpaired) electrons. The lowest BCUT2D eigenvalue weighted by molar-refractivity contribution is -0.146. The van der Waals surface area contributed by atoms with Gasteiger partial charge in [0, 0.05) is 48.8 Å². The number of rotatable bonds is 6. The number of aromatic nitrogens is 1. The normalized spacial score (nSPS) is 13.6. The van der Waals surface area contributed by atoms with Crippen molar-refractivity contribution in [1.29, 1.82) is 0 Å². The molecule has 0 atom stereocenters. The summed E-state index contributed by atoms with van der Waals surface area (Å²) in [4.78, 5) is 28.8. The van der Waals surface area contributed by atoms with Crippen molar-refractivity contribution in [3.63, 3.8) is 0 Å². The molecule has 3 aromatic rings. The van der Waals surface area contributed by atoms with Gasteiger partial charge in [0.05, 0.1) is 31.1 Å². The Kier molecular flexibility index (Phi) is 8.03. The Bertz CT molecular complexity index is 1330. The number of halogens is 1. The summed E-state index contributed by atoms with van der Waals surface area (Å²) in [6.07, 6.45) is 1.54. The predicted octanol–water partition coefficient (Wildman–Crippen LogP) is 3.56. The van der Waals surface area contributed by atoms with Crippen LogP contribution in [0.2, 0.25) is 5.02 Å². The number of anilines is 1. The van der Waals surface area contributed by atoms with Crippen LogP contribution in [0.3, 0.4) is 0 Å². The average Bonchev–Trinajstić information content (AvgIpc) is 3.20. The lowest BCUT2D eigenvalue weighted by atomic mass is 10.2. The van der Waals surface area contributed by atoms with Gasteiger partial charge in [-0.2, -0.15) is 5.10 Å². The number of aryl methyl sites for hydroxylation is 1. The summed E-state index contributed by atoms with van der Waals surface area (Å²) in [5, 5.41) is 4.55. The fourth-order valence-corrected chi connectivity index (χ4v) is 4.76. The number of nitrogens with zero attached hydrogens (tertiary/aromatic N) is 4. The lowest BCUT2D eigenvalue weighted by Crippen LogP contribution is -2.52. The number of methoxy groups -OCH3 is 2. The number of para-hydroxylation sites is 2. The van der Waals surface area contributed by atoms with Gasteiger partial charge in [0.1, 0.15) is 11.5 Å². The van der Waals surface area contributed by atoms with E-state index in [1.54, 1.807) is 14.2 Å². The Morgan fingerprint density at radius 3 is 2.35 bits per heavy atom. The molecular weight excluding hydrogens is 494 g/mol. The molecule has 1 fully saturated rings. The molecule has 9 nitrogen and oxygen atoms in total. The molecule has 1 aromatic heterocycles. The Hall–Kier alpha value is -3.98. The van der Waals surface area contributed by atoms with Crippen molar-refractivity contribution in [1.82, 2.24) is 14.9 Å². The van der Waals surface area contributed by atoms with E-state index in [0.29, 0.717) is 37.0 Å². The van der Waals surface area contributed by atoms with Crippen LogP contribution in [0.1, 0.15) is 17.0 Å². The summed E-state index contributed by atoms with van der Waals surface area (Å²) >= 11 is 6.30.